The molecule has 242 valence electrons. The zero-order chi connectivity index (χ0) is 34.4. The van der Waals surface area contributed by atoms with Gasteiger partial charge in [-0.25, -0.2) is 0 Å². The molecule has 0 atom stereocenters. The van der Waals surface area contributed by atoms with Crippen LogP contribution in [0, 0.1) is 0 Å². The molecule has 0 aromatic heterocycles. The van der Waals surface area contributed by atoms with Gasteiger partial charge in [0.2, 0.25) is 0 Å². The molecule has 0 heterocycles. The maximum atomic E-state index is 11.6. The van der Waals surface area contributed by atoms with Crippen LogP contribution in [0.4, 0.5) is 34.1 Å². The van der Waals surface area contributed by atoms with Crippen molar-refractivity contribution in [3.05, 3.63) is 97.1 Å². The van der Waals surface area contributed by atoms with Crippen LogP contribution in [0.5, 0.6) is 11.5 Å². The van der Waals surface area contributed by atoms with Gasteiger partial charge in [-0.3, -0.25) is 9.11 Å². The third-order valence-corrected chi connectivity index (χ3v) is 9.01. The Balaban J connectivity index is 1.22. The third-order valence-electron chi connectivity index (χ3n) is 7.34. The summed E-state index contributed by atoms with van der Waals surface area (Å²) >= 11 is 0. The summed E-state index contributed by atoms with van der Waals surface area (Å²) in [5.41, 5.74) is 15.4. The van der Waals surface area contributed by atoms with Gasteiger partial charge in [0.05, 0.1) is 43.3 Å². The molecule has 0 saturated carbocycles. The second-order valence-corrected chi connectivity index (χ2v) is 13.4. The van der Waals surface area contributed by atoms with E-state index in [2.05, 4.69) is 20.5 Å². The SMILES string of the molecule is Nc1ccc2cc(S(=O)(=O)O)cc(O)c2c1/N=N/c1ccc(-c2ccc(/N=N/c3c(N)ccc4cc(S(=O)(=O)O)cc(O)c34)cc2)cc1. The monoisotopic (exact) mass is 684 g/mol. The summed E-state index contributed by atoms with van der Waals surface area (Å²) in [7, 11) is -9.09. The van der Waals surface area contributed by atoms with Gasteiger partial charge in [0.25, 0.3) is 20.2 Å². The van der Waals surface area contributed by atoms with Gasteiger partial charge in [0, 0.05) is 12.1 Å². The first kappa shape index (κ1) is 32.0. The number of hydrogen-bond donors (Lipinski definition) is 6. The zero-order valence-electron chi connectivity index (χ0n) is 24.4. The molecule has 0 saturated heterocycles. The van der Waals surface area contributed by atoms with Crippen molar-refractivity contribution in [1.29, 1.82) is 0 Å². The Bertz CT molecular complexity index is 2360. The van der Waals surface area contributed by atoms with Crippen molar-refractivity contribution < 1.29 is 36.2 Å². The van der Waals surface area contributed by atoms with E-state index in [0.717, 1.165) is 23.3 Å². The van der Waals surface area contributed by atoms with Gasteiger partial charge >= 0.3 is 0 Å². The average Bonchev–Trinajstić information content (AvgIpc) is 3.03. The van der Waals surface area contributed by atoms with Crippen molar-refractivity contribution in [2.45, 2.75) is 9.79 Å². The summed E-state index contributed by atoms with van der Waals surface area (Å²) in [6.45, 7) is 0. The quantitative estimate of drug-likeness (QED) is 0.0546. The van der Waals surface area contributed by atoms with E-state index in [-0.39, 0.29) is 44.3 Å². The van der Waals surface area contributed by atoms with Gasteiger partial charge in [-0.1, -0.05) is 36.4 Å². The lowest BCUT2D eigenvalue weighted by atomic mass is 10.1. The molecule has 6 aromatic rings. The van der Waals surface area contributed by atoms with Crippen molar-refractivity contribution >= 4 is 75.9 Å². The molecule has 0 aliphatic rings. The summed E-state index contributed by atoms with van der Waals surface area (Å²) < 4.78 is 64.9. The van der Waals surface area contributed by atoms with Crippen molar-refractivity contribution in [2.24, 2.45) is 20.5 Å². The van der Waals surface area contributed by atoms with E-state index in [0.29, 0.717) is 11.4 Å². The highest BCUT2D eigenvalue weighted by Gasteiger charge is 2.18. The van der Waals surface area contributed by atoms with Crippen LogP contribution in [-0.4, -0.2) is 36.2 Å². The molecule has 0 amide bonds. The van der Waals surface area contributed by atoms with Crippen LogP contribution in [-0.2, 0) is 20.2 Å². The normalized spacial score (nSPS) is 12.5. The fourth-order valence-corrected chi connectivity index (χ4v) is 6.07. The highest BCUT2D eigenvalue weighted by molar-refractivity contribution is 7.86. The number of phenolic OH excluding ortho intramolecular Hbond substituents is 2. The van der Waals surface area contributed by atoms with Gasteiger partial charge in [-0.15, -0.1) is 10.2 Å². The van der Waals surface area contributed by atoms with Crippen LogP contribution in [0.15, 0.2) is 127 Å². The van der Waals surface area contributed by atoms with Crippen molar-refractivity contribution in [2.75, 3.05) is 11.5 Å². The second kappa shape index (κ2) is 12.0. The lowest BCUT2D eigenvalue weighted by molar-refractivity contribution is 0.470. The van der Waals surface area contributed by atoms with E-state index in [1.165, 1.54) is 36.4 Å². The van der Waals surface area contributed by atoms with E-state index in [1.54, 1.807) is 24.3 Å². The van der Waals surface area contributed by atoms with Crippen LogP contribution >= 0.6 is 0 Å². The lowest BCUT2D eigenvalue weighted by Gasteiger charge is -2.09. The highest BCUT2D eigenvalue weighted by Crippen LogP contribution is 2.42. The standard InChI is InChI=1S/C32H24N6O8S2/c33-25-11-5-19-13-23(47(41,42)43)15-27(39)29(19)31(25)37-35-21-7-1-17(2-8-21)18-3-9-22(10-4-18)36-38-32-26(34)12-6-20-14-24(48(44,45)46)16-28(40)30(20)32/h1-16,39-40H,33-34H2,(H,41,42,43)(H,44,45,46)/b37-35+,38-36+. The zero-order valence-corrected chi connectivity index (χ0v) is 26.1. The Morgan fingerprint density at radius 1 is 0.479 bits per heavy atom. The fraction of sp³-hybridized carbons (Fsp3) is 0. The number of fused-ring (bicyclic) bond motifs is 2. The Morgan fingerprint density at radius 3 is 1.17 bits per heavy atom. The van der Waals surface area contributed by atoms with Crippen LogP contribution in [0.25, 0.3) is 32.7 Å². The second-order valence-electron chi connectivity index (χ2n) is 10.5. The molecule has 16 heteroatoms. The molecule has 0 radical (unpaired) electrons. The summed E-state index contributed by atoms with van der Waals surface area (Å²) in [6, 6.07) is 24.3. The largest absolute Gasteiger partial charge is 0.507 e. The van der Waals surface area contributed by atoms with Crippen LogP contribution in [0.3, 0.4) is 0 Å². The van der Waals surface area contributed by atoms with E-state index >= 15 is 0 Å². The first-order chi connectivity index (χ1) is 22.7. The molecule has 0 spiro atoms. The maximum Gasteiger partial charge on any atom is 0.294 e. The van der Waals surface area contributed by atoms with Crippen molar-refractivity contribution in [3.63, 3.8) is 0 Å². The molecule has 6 rings (SSSR count). The average molecular weight is 685 g/mol. The third kappa shape index (κ3) is 6.36. The maximum absolute atomic E-state index is 11.6. The topological polar surface area (TPSA) is 251 Å². The molecule has 48 heavy (non-hydrogen) atoms. The number of nitrogen functional groups attached to an aromatic ring is 2. The predicted molar refractivity (Wildman–Crippen MR) is 180 cm³/mol. The molecule has 6 aromatic carbocycles. The molecule has 0 fully saturated rings. The van der Waals surface area contributed by atoms with E-state index in [4.69, 9.17) is 11.5 Å². The summed E-state index contributed by atoms with van der Waals surface area (Å²) in [6.07, 6.45) is 0. The number of phenols is 2. The van der Waals surface area contributed by atoms with E-state index < -0.39 is 41.5 Å². The Morgan fingerprint density at radius 2 is 0.833 bits per heavy atom. The van der Waals surface area contributed by atoms with Crippen LogP contribution < -0.4 is 11.5 Å². The van der Waals surface area contributed by atoms with Crippen LogP contribution in [0.2, 0.25) is 0 Å². The smallest absolute Gasteiger partial charge is 0.294 e. The molecular weight excluding hydrogens is 661 g/mol. The van der Waals surface area contributed by atoms with Gasteiger partial charge in [0.1, 0.15) is 22.9 Å². The molecule has 8 N–H and O–H groups in total. The number of hydrogen-bond acceptors (Lipinski definition) is 12. The minimum Gasteiger partial charge on any atom is -0.507 e. The minimum absolute atomic E-state index is 0.129. The van der Waals surface area contributed by atoms with Gasteiger partial charge < -0.3 is 21.7 Å². The lowest BCUT2D eigenvalue weighted by Crippen LogP contribution is -1.98. The first-order valence-corrected chi connectivity index (χ1v) is 16.7. The number of anilines is 2. The highest BCUT2D eigenvalue weighted by atomic mass is 32.2. The number of azo groups is 2. The number of rotatable bonds is 7. The van der Waals surface area contributed by atoms with Crippen molar-refractivity contribution in [1.82, 2.24) is 0 Å². The Labute approximate surface area is 272 Å². The number of nitrogens with zero attached hydrogens (tertiary/aromatic N) is 4. The fourth-order valence-electron chi connectivity index (χ4n) is 5.00. The van der Waals surface area contributed by atoms with Gasteiger partial charge in [-0.05, 0) is 70.4 Å². The van der Waals surface area contributed by atoms with E-state index in [9.17, 15) is 36.2 Å². The summed E-state index contributed by atoms with van der Waals surface area (Å²) in [5.74, 6) is -0.875. The van der Waals surface area contributed by atoms with Crippen molar-refractivity contribution in [3.8, 4) is 22.6 Å². The van der Waals surface area contributed by atoms with Crippen LogP contribution in [0.1, 0.15) is 0 Å². The number of benzene rings is 6. The predicted octanol–water partition coefficient (Wildman–Crippen LogP) is 7.56. The van der Waals surface area contributed by atoms with Gasteiger partial charge in [-0.2, -0.15) is 27.1 Å². The molecule has 0 aliphatic heterocycles. The Kier molecular flexibility index (Phi) is 8.01. The first-order valence-electron chi connectivity index (χ1n) is 13.8. The molecule has 0 aliphatic carbocycles. The molecule has 0 bridgehead atoms. The Hall–Kier alpha value is -5.94. The number of aromatic hydroxyl groups is 2. The summed E-state index contributed by atoms with van der Waals surface area (Å²) in [4.78, 5) is -0.943. The van der Waals surface area contributed by atoms with Gasteiger partial charge in [0.15, 0.2) is 0 Å². The molecule has 0 unspecified atom stereocenters. The number of nitrogens with two attached hydrogens (primary N) is 2. The minimum atomic E-state index is -4.54. The molecule has 14 nitrogen and oxygen atoms in total. The van der Waals surface area contributed by atoms with E-state index in [1.807, 2.05) is 24.3 Å². The molecular formula is C32H24N6O8S2. The summed E-state index contributed by atoms with van der Waals surface area (Å²) in [5, 5.41) is 38.8.